The van der Waals surface area contributed by atoms with Crippen molar-refractivity contribution >= 4 is 11.9 Å². The molecule has 0 radical (unpaired) electrons. The van der Waals surface area contributed by atoms with Crippen molar-refractivity contribution < 1.29 is 14.7 Å². The van der Waals surface area contributed by atoms with Crippen molar-refractivity contribution in [2.45, 2.75) is 64.1 Å². The van der Waals surface area contributed by atoms with E-state index in [-0.39, 0.29) is 29.4 Å². The molecule has 0 aromatic heterocycles. The number of carboxylic acid groups (broad SMARTS) is 1. The summed E-state index contributed by atoms with van der Waals surface area (Å²) in [6, 6.07) is 0.333. The van der Waals surface area contributed by atoms with Crippen LogP contribution in [0.25, 0.3) is 0 Å². The van der Waals surface area contributed by atoms with Crippen molar-refractivity contribution in [2.75, 3.05) is 6.54 Å². The van der Waals surface area contributed by atoms with Crippen LogP contribution in [0.1, 0.15) is 46.5 Å². The third-order valence-corrected chi connectivity index (χ3v) is 4.69. The molecule has 2 aliphatic rings. The molecule has 0 aromatic carbocycles. The summed E-state index contributed by atoms with van der Waals surface area (Å²) in [6.45, 7) is 6.38. The summed E-state index contributed by atoms with van der Waals surface area (Å²) in [5, 5.41) is 12.2. The molecule has 2 aliphatic heterocycles. The molecule has 5 nitrogen and oxygen atoms in total. The Labute approximate surface area is 114 Å². The average Bonchev–Trinajstić information content (AvgIpc) is 2.85. The Morgan fingerprint density at radius 2 is 2.05 bits per heavy atom. The topological polar surface area (TPSA) is 69.6 Å². The number of nitrogens with zero attached hydrogens (tertiary/aromatic N) is 1. The van der Waals surface area contributed by atoms with Crippen LogP contribution in [-0.2, 0) is 9.59 Å². The summed E-state index contributed by atoms with van der Waals surface area (Å²) in [4.78, 5) is 25.3. The average molecular weight is 268 g/mol. The molecule has 0 aliphatic carbocycles. The molecular weight excluding hydrogens is 244 g/mol. The lowest BCUT2D eigenvalue weighted by atomic mass is 9.89. The van der Waals surface area contributed by atoms with Gasteiger partial charge in [0.05, 0.1) is 12.5 Å². The first kappa shape index (κ1) is 14.3. The Balaban J connectivity index is 1.94. The smallest absolute Gasteiger partial charge is 0.308 e. The molecule has 0 aromatic rings. The molecule has 2 saturated heterocycles. The number of rotatable bonds is 5. The van der Waals surface area contributed by atoms with E-state index in [1.54, 1.807) is 0 Å². The van der Waals surface area contributed by atoms with Gasteiger partial charge in [0.2, 0.25) is 5.91 Å². The minimum absolute atomic E-state index is 0.00906. The van der Waals surface area contributed by atoms with Crippen LogP contribution >= 0.6 is 0 Å². The Bertz CT molecular complexity index is 381. The third kappa shape index (κ3) is 2.91. The molecule has 19 heavy (non-hydrogen) atoms. The summed E-state index contributed by atoms with van der Waals surface area (Å²) in [5.41, 5.74) is -0.192. The van der Waals surface area contributed by atoms with Gasteiger partial charge in [-0.3, -0.25) is 14.5 Å². The normalized spacial score (nSPS) is 30.6. The van der Waals surface area contributed by atoms with E-state index < -0.39 is 5.97 Å². The highest BCUT2D eigenvalue weighted by atomic mass is 16.4. The third-order valence-electron chi connectivity index (χ3n) is 4.69. The quantitative estimate of drug-likeness (QED) is 0.787. The van der Waals surface area contributed by atoms with Crippen molar-refractivity contribution in [2.24, 2.45) is 5.92 Å². The monoisotopic (exact) mass is 268 g/mol. The molecule has 5 heteroatoms. The Kier molecular flexibility index (Phi) is 3.85. The van der Waals surface area contributed by atoms with Crippen LogP contribution in [0.5, 0.6) is 0 Å². The van der Waals surface area contributed by atoms with Gasteiger partial charge in [-0.25, -0.2) is 0 Å². The highest BCUT2D eigenvalue weighted by molar-refractivity contribution is 5.79. The number of hydrogen-bond acceptors (Lipinski definition) is 3. The van der Waals surface area contributed by atoms with Gasteiger partial charge >= 0.3 is 5.97 Å². The first-order chi connectivity index (χ1) is 8.84. The van der Waals surface area contributed by atoms with E-state index in [9.17, 15) is 14.7 Å². The fourth-order valence-electron chi connectivity index (χ4n) is 3.28. The van der Waals surface area contributed by atoms with Crippen LogP contribution < -0.4 is 5.32 Å². The van der Waals surface area contributed by atoms with E-state index in [2.05, 4.69) is 10.2 Å². The van der Waals surface area contributed by atoms with E-state index >= 15 is 0 Å². The van der Waals surface area contributed by atoms with Crippen LogP contribution in [0.4, 0.5) is 0 Å². The Hall–Kier alpha value is -1.10. The van der Waals surface area contributed by atoms with Gasteiger partial charge in [-0.05, 0) is 39.5 Å². The highest BCUT2D eigenvalue weighted by Crippen LogP contribution is 2.41. The lowest BCUT2D eigenvalue weighted by Crippen LogP contribution is -2.48. The van der Waals surface area contributed by atoms with E-state index in [0.717, 1.165) is 19.3 Å². The fourth-order valence-corrected chi connectivity index (χ4v) is 3.28. The fraction of sp³-hybridized carbons (Fsp3) is 0.857. The molecule has 108 valence electrons. The van der Waals surface area contributed by atoms with Gasteiger partial charge in [0.25, 0.3) is 0 Å². The minimum atomic E-state index is -0.716. The molecule has 0 spiro atoms. The van der Waals surface area contributed by atoms with Gasteiger partial charge in [-0.1, -0.05) is 6.92 Å². The number of amides is 1. The Morgan fingerprint density at radius 1 is 1.37 bits per heavy atom. The summed E-state index contributed by atoms with van der Waals surface area (Å²) < 4.78 is 0. The second-order valence-corrected chi connectivity index (χ2v) is 6.44. The molecule has 2 fully saturated rings. The molecule has 0 saturated carbocycles. The first-order valence-electron chi connectivity index (χ1n) is 7.13. The zero-order valence-corrected chi connectivity index (χ0v) is 12.0. The van der Waals surface area contributed by atoms with E-state index in [1.807, 2.05) is 20.8 Å². The predicted molar refractivity (Wildman–Crippen MR) is 71.8 cm³/mol. The van der Waals surface area contributed by atoms with Crippen molar-refractivity contribution in [1.29, 1.82) is 0 Å². The first-order valence-corrected chi connectivity index (χ1v) is 7.13. The van der Waals surface area contributed by atoms with Crippen LogP contribution in [-0.4, -0.2) is 46.1 Å². The van der Waals surface area contributed by atoms with Gasteiger partial charge in [0.15, 0.2) is 0 Å². The molecule has 3 atom stereocenters. The zero-order valence-electron chi connectivity index (χ0n) is 12.0. The summed E-state index contributed by atoms with van der Waals surface area (Å²) in [5.74, 6) is -0.993. The maximum absolute atomic E-state index is 12.1. The van der Waals surface area contributed by atoms with Crippen molar-refractivity contribution in [3.8, 4) is 0 Å². The number of carbonyl (C=O) groups is 2. The SMILES string of the molecule is CCC(C)(C)NC(=O)CN1C2CCC1C(C(=O)O)C2. The van der Waals surface area contributed by atoms with Gasteiger partial charge < -0.3 is 10.4 Å². The van der Waals surface area contributed by atoms with Gasteiger partial charge in [-0.15, -0.1) is 0 Å². The van der Waals surface area contributed by atoms with E-state index in [1.165, 1.54) is 0 Å². The van der Waals surface area contributed by atoms with E-state index in [0.29, 0.717) is 13.0 Å². The number of nitrogens with one attached hydrogen (secondary N) is 1. The molecule has 2 bridgehead atoms. The van der Waals surface area contributed by atoms with Gasteiger partial charge in [0, 0.05) is 17.6 Å². The standard InChI is InChI=1S/C14H24N2O3/c1-4-14(2,3)15-12(17)8-16-9-5-6-11(16)10(7-9)13(18)19/h9-11H,4-8H2,1-3H3,(H,15,17)(H,18,19). The molecule has 1 amide bonds. The van der Waals surface area contributed by atoms with Crippen molar-refractivity contribution in [1.82, 2.24) is 10.2 Å². The zero-order chi connectivity index (χ0) is 14.2. The van der Waals surface area contributed by atoms with Crippen LogP contribution in [0.3, 0.4) is 0 Å². The second-order valence-electron chi connectivity index (χ2n) is 6.44. The molecular formula is C14H24N2O3. The molecule has 3 unspecified atom stereocenters. The lowest BCUT2D eigenvalue weighted by molar-refractivity contribution is -0.143. The number of fused-ring (bicyclic) bond motifs is 2. The maximum Gasteiger partial charge on any atom is 0.308 e. The van der Waals surface area contributed by atoms with Gasteiger partial charge in [0.1, 0.15) is 0 Å². The molecule has 2 heterocycles. The predicted octanol–water partition coefficient (Wildman–Crippen LogP) is 1.23. The number of carboxylic acids is 1. The van der Waals surface area contributed by atoms with Gasteiger partial charge in [-0.2, -0.15) is 0 Å². The summed E-state index contributed by atoms with van der Waals surface area (Å²) in [7, 11) is 0. The number of hydrogen-bond donors (Lipinski definition) is 2. The van der Waals surface area contributed by atoms with Crippen LogP contribution in [0.15, 0.2) is 0 Å². The lowest BCUT2D eigenvalue weighted by Gasteiger charge is -2.28. The number of aliphatic carboxylic acids is 1. The summed E-state index contributed by atoms with van der Waals surface area (Å²) in [6.07, 6.45) is 3.51. The number of carbonyl (C=O) groups excluding carboxylic acids is 1. The van der Waals surface area contributed by atoms with Crippen molar-refractivity contribution in [3.05, 3.63) is 0 Å². The minimum Gasteiger partial charge on any atom is -0.481 e. The largest absolute Gasteiger partial charge is 0.481 e. The van der Waals surface area contributed by atoms with Crippen LogP contribution in [0, 0.1) is 5.92 Å². The summed E-state index contributed by atoms with van der Waals surface area (Å²) >= 11 is 0. The second kappa shape index (κ2) is 5.12. The molecule has 2 N–H and O–H groups in total. The Morgan fingerprint density at radius 3 is 2.58 bits per heavy atom. The van der Waals surface area contributed by atoms with Crippen LogP contribution in [0.2, 0.25) is 0 Å². The maximum atomic E-state index is 12.1. The highest BCUT2D eigenvalue weighted by Gasteiger charge is 2.49. The van der Waals surface area contributed by atoms with E-state index in [4.69, 9.17) is 0 Å². The molecule has 2 rings (SSSR count). The van der Waals surface area contributed by atoms with Crippen molar-refractivity contribution in [3.63, 3.8) is 0 Å².